The Morgan fingerprint density at radius 2 is 1.86 bits per heavy atom. The summed E-state index contributed by atoms with van der Waals surface area (Å²) in [5.74, 6) is -0.182. The third-order valence-corrected chi connectivity index (χ3v) is 2.36. The molecule has 74 valence electrons. The number of hydrogen-bond acceptors (Lipinski definition) is 2. The number of hydrogen-bond donors (Lipinski definition) is 1. The van der Waals surface area contributed by atoms with Crippen molar-refractivity contribution in [2.45, 2.75) is 0 Å². The summed E-state index contributed by atoms with van der Waals surface area (Å²) >= 11 is 1.95. The highest BCUT2D eigenvalue weighted by molar-refractivity contribution is 14.1. The number of Topliss-reactive ketones (excluding diaryl/α,β-unsaturated/α-hetero) is 1. The van der Waals surface area contributed by atoms with Crippen LogP contribution in [0, 0.1) is 0 Å². The Morgan fingerprint density at radius 1 is 1.21 bits per heavy atom. The van der Waals surface area contributed by atoms with Crippen molar-refractivity contribution in [3.63, 3.8) is 0 Å². The lowest BCUT2D eigenvalue weighted by atomic mass is 10.1. The van der Waals surface area contributed by atoms with Gasteiger partial charge in [-0.3, -0.25) is 9.59 Å². The summed E-state index contributed by atoms with van der Waals surface area (Å²) < 4.78 is 0.375. The first-order chi connectivity index (χ1) is 6.74. The second kappa shape index (κ2) is 5.74. The van der Waals surface area contributed by atoms with Crippen molar-refractivity contribution in [1.29, 1.82) is 0 Å². The number of carbonyl (C=O) groups is 2. The molecule has 0 saturated heterocycles. The fourth-order valence-electron chi connectivity index (χ4n) is 0.952. The molecule has 0 unspecified atom stereocenters. The summed E-state index contributed by atoms with van der Waals surface area (Å²) in [6.45, 7) is 0.0752. The maximum atomic E-state index is 11.4. The van der Waals surface area contributed by atoms with Gasteiger partial charge < -0.3 is 5.32 Å². The summed E-state index contributed by atoms with van der Waals surface area (Å²) in [7, 11) is 0. The first-order valence-electron chi connectivity index (χ1n) is 4.15. The van der Waals surface area contributed by atoms with Crippen LogP contribution in [-0.2, 0) is 4.79 Å². The quantitative estimate of drug-likeness (QED) is 0.519. The van der Waals surface area contributed by atoms with E-state index in [1.54, 1.807) is 24.3 Å². The number of alkyl halides is 1. The largest absolute Gasteiger partial charge is 0.348 e. The fourth-order valence-corrected chi connectivity index (χ4v) is 1.22. The van der Waals surface area contributed by atoms with Crippen molar-refractivity contribution >= 4 is 34.3 Å². The van der Waals surface area contributed by atoms with Crippen molar-refractivity contribution in [2.75, 3.05) is 11.0 Å². The van der Waals surface area contributed by atoms with Crippen LogP contribution < -0.4 is 5.32 Å². The van der Waals surface area contributed by atoms with Crippen LogP contribution in [0.15, 0.2) is 30.3 Å². The molecule has 0 fully saturated rings. The highest BCUT2D eigenvalue weighted by Gasteiger charge is 2.05. The van der Waals surface area contributed by atoms with Crippen LogP contribution in [0.4, 0.5) is 0 Å². The van der Waals surface area contributed by atoms with E-state index < -0.39 is 0 Å². The fraction of sp³-hybridized carbons (Fsp3) is 0.200. The van der Waals surface area contributed by atoms with Gasteiger partial charge in [0.1, 0.15) is 0 Å². The number of benzene rings is 1. The van der Waals surface area contributed by atoms with E-state index in [0.29, 0.717) is 9.99 Å². The predicted molar refractivity (Wildman–Crippen MR) is 62.7 cm³/mol. The van der Waals surface area contributed by atoms with Crippen molar-refractivity contribution < 1.29 is 9.59 Å². The van der Waals surface area contributed by atoms with Gasteiger partial charge in [0.25, 0.3) is 0 Å². The summed E-state index contributed by atoms with van der Waals surface area (Å²) in [6, 6.07) is 8.91. The Morgan fingerprint density at radius 3 is 2.43 bits per heavy atom. The molecule has 1 rings (SSSR count). The summed E-state index contributed by atoms with van der Waals surface area (Å²) in [5.41, 5.74) is 0.626. The number of halogens is 1. The molecule has 0 aliphatic rings. The Balaban J connectivity index is 2.48. The van der Waals surface area contributed by atoms with E-state index >= 15 is 0 Å². The van der Waals surface area contributed by atoms with Gasteiger partial charge in [0.2, 0.25) is 5.91 Å². The first-order valence-corrected chi connectivity index (χ1v) is 5.67. The molecule has 0 aliphatic heterocycles. The molecular formula is C10H10INO2. The lowest BCUT2D eigenvalue weighted by Gasteiger charge is -2.01. The molecule has 0 bridgehead atoms. The Hall–Kier alpha value is -0.910. The molecule has 0 saturated carbocycles. The van der Waals surface area contributed by atoms with Crippen LogP contribution in [0.5, 0.6) is 0 Å². The van der Waals surface area contributed by atoms with Gasteiger partial charge in [-0.2, -0.15) is 0 Å². The van der Waals surface area contributed by atoms with Crippen LogP contribution in [0.25, 0.3) is 0 Å². The molecule has 4 heteroatoms. The molecule has 0 aliphatic carbocycles. The Bertz CT molecular complexity index is 324. The standard InChI is InChI=1S/C10H10INO2/c11-6-10(14)12-7-9(13)8-4-2-1-3-5-8/h1-5H,6-7H2,(H,12,14). The summed E-state index contributed by atoms with van der Waals surface area (Å²) in [6.07, 6.45) is 0. The van der Waals surface area contributed by atoms with E-state index in [1.807, 2.05) is 28.7 Å². The van der Waals surface area contributed by atoms with Gasteiger partial charge in [0.15, 0.2) is 5.78 Å². The lowest BCUT2D eigenvalue weighted by Crippen LogP contribution is -2.30. The van der Waals surface area contributed by atoms with Gasteiger partial charge in [-0.05, 0) is 0 Å². The Kier molecular flexibility index (Phi) is 4.58. The maximum Gasteiger partial charge on any atom is 0.230 e. The number of carbonyl (C=O) groups excluding carboxylic acids is 2. The molecule has 1 amide bonds. The average Bonchev–Trinajstić information content (AvgIpc) is 2.26. The number of rotatable bonds is 4. The second-order valence-corrected chi connectivity index (χ2v) is 3.46. The Labute approximate surface area is 96.0 Å². The first kappa shape index (κ1) is 11.2. The topological polar surface area (TPSA) is 46.2 Å². The normalized spacial score (nSPS) is 9.50. The number of ketones is 1. The van der Waals surface area contributed by atoms with Crippen LogP contribution in [-0.4, -0.2) is 22.7 Å². The van der Waals surface area contributed by atoms with E-state index in [4.69, 9.17) is 0 Å². The van der Waals surface area contributed by atoms with Crippen molar-refractivity contribution in [3.05, 3.63) is 35.9 Å². The smallest absolute Gasteiger partial charge is 0.230 e. The average molecular weight is 303 g/mol. The van der Waals surface area contributed by atoms with Gasteiger partial charge >= 0.3 is 0 Å². The third kappa shape index (κ3) is 3.45. The third-order valence-electron chi connectivity index (χ3n) is 1.66. The number of amides is 1. The van der Waals surface area contributed by atoms with E-state index in [-0.39, 0.29) is 18.2 Å². The molecule has 0 atom stereocenters. The molecule has 14 heavy (non-hydrogen) atoms. The zero-order valence-electron chi connectivity index (χ0n) is 7.50. The van der Waals surface area contributed by atoms with Crippen molar-refractivity contribution in [2.24, 2.45) is 0 Å². The molecular weight excluding hydrogens is 293 g/mol. The minimum atomic E-state index is -0.116. The van der Waals surface area contributed by atoms with Gasteiger partial charge in [0, 0.05) is 5.56 Å². The minimum Gasteiger partial charge on any atom is -0.348 e. The molecule has 1 aromatic rings. The van der Waals surface area contributed by atoms with E-state index in [2.05, 4.69) is 5.32 Å². The molecule has 0 heterocycles. The van der Waals surface area contributed by atoms with E-state index in [9.17, 15) is 9.59 Å². The van der Waals surface area contributed by atoms with Crippen LogP contribution in [0.1, 0.15) is 10.4 Å². The zero-order chi connectivity index (χ0) is 10.4. The highest BCUT2D eigenvalue weighted by Crippen LogP contribution is 1.98. The molecule has 1 N–H and O–H groups in total. The van der Waals surface area contributed by atoms with Crippen molar-refractivity contribution in [1.82, 2.24) is 5.32 Å². The number of nitrogens with one attached hydrogen (secondary N) is 1. The second-order valence-electron chi connectivity index (χ2n) is 2.70. The summed E-state index contributed by atoms with van der Waals surface area (Å²) in [5, 5.41) is 2.53. The maximum absolute atomic E-state index is 11.4. The minimum absolute atomic E-state index is 0.0659. The summed E-state index contributed by atoms with van der Waals surface area (Å²) in [4.78, 5) is 22.3. The monoisotopic (exact) mass is 303 g/mol. The molecule has 1 aromatic carbocycles. The van der Waals surface area contributed by atoms with Gasteiger partial charge in [-0.1, -0.05) is 52.9 Å². The van der Waals surface area contributed by atoms with Crippen LogP contribution in [0.2, 0.25) is 0 Å². The molecule has 0 spiro atoms. The molecule has 0 aromatic heterocycles. The SMILES string of the molecule is O=C(CI)NCC(=O)c1ccccc1. The highest BCUT2D eigenvalue weighted by atomic mass is 127. The predicted octanol–water partition coefficient (Wildman–Crippen LogP) is 1.42. The van der Waals surface area contributed by atoms with Gasteiger partial charge in [0.05, 0.1) is 11.0 Å². The van der Waals surface area contributed by atoms with E-state index in [1.165, 1.54) is 0 Å². The van der Waals surface area contributed by atoms with Gasteiger partial charge in [-0.25, -0.2) is 0 Å². The lowest BCUT2D eigenvalue weighted by molar-refractivity contribution is -0.118. The van der Waals surface area contributed by atoms with E-state index in [0.717, 1.165) is 0 Å². The van der Waals surface area contributed by atoms with Gasteiger partial charge in [-0.15, -0.1) is 0 Å². The molecule has 0 radical (unpaired) electrons. The zero-order valence-corrected chi connectivity index (χ0v) is 9.65. The van der Waals surface area contributed by atoms with Crippen LogP contribution >= 0.6 is 22.6 Å². The van der Waals surface area contributed by atoms with Crippen LogP contribution in [0.3, 0.4) is 0 Å². The van der Waals surface area contributed by atoms with Crippen molar-refractivity contribution in [3.8, 4) is 0 Å². The molecule has 3 nitrogen and oxygen atoms in total.